The number of hydrogen-bond donors (Lipinski definition) is 1. The van der Waals surface area contributed by atoms with Crippen LogP contribution in [0.2, 0.25) is 0 Å². The van der Waals surface area contributed by atoms with Crippen molar-refractivity contribution in [2.75, 3.05) is 6.54 Å². The lowest BCUT2D eigenvalue weighted by molar-refractivity contribution is -0.123. The van der Waals surface area contributed by atoms with E-state index in [0.717, 1.165) is 12.8 Å². The van der Waals surface area contributed by atoms with Gasteiger partial charge in [-0.15, -0.1) is 0 Å². The summed E-state index contributed by atoms with van der Waals surface area (Å²) in [7, 11) is 0. The van der Waals surface area contributed by atoms with Gasteiger partial charge in [0.15, 0.2) is 0 Å². The molecule has 1 aliphatic heterocycles. The maximum atomic E-state index is 11.5. The predicted octanol–water partition coefficient (Wildman–Crippen LogP) is 2.28. The van der Waals surface area contributed by atoms with Crippen molar-refractivity contribution in [1.82, 2.24) is 4.90 Å². The third kappa shape index (κ3) is 2.36. The molecule has 0 spiro atoms. The summed E-state index contributed by atoms with van der Waals surface area (Å²) in [5.41, 5.74) is 0. The number of likely N-dealkylation sites (tertiary alicyclic amines) is 1. The average molecular weight is 225 g/mol. The molecule has 0 radical (unpaired) electrons. The summed E-state index contributed by atoms with van der Waals surface area (Å²) in [5, 5.41) is 9.14. The molecule has 1 heterocycles. The Balaban J connectivity index is 2.06. The molecule has 0 bridgehead atoms. The van der Waals surface area contributed by atoms with Crippen molar-refractivity contribution < 1.29 is 14.7 Å². The third-order valence-corrected chi connectivity index (χ3v) is 3.91. The molecule has 2 aliphatic rings. The van der Waals surface area contributed by atoms with Crippen molar-refractivity contribution in [3.05, 3.63) is 0 Å². The fourth-order valence-electron chi connectivity index (χ4n) is 3.03. The monoisotopic (exact) mass is 225 g/mol. The first kappa shape index (κ1) is 11.4. The molecule has 4 nitrogen and oxygen atoms in total. The summed E-state index contributed by atoms with van der Waals surface area (Å²) in [6.07, 6.45) is 5.77. The van der Waals surface area contributed by atoms with Crippen LogP contribution in [0.4, 0.5) is 4.79 Å². The first-order valence-electron chi connectivity index (χ1n) is 6.20. The van der Waals surface area contributed by atoms with Crippen molar-refractivity contribution in [1.29, 1.82) is 0 Å². The van der Waals surface area contributed by atoms with Crippen LogP contribution < -0.4 is 0 Å². The molecule has 1 saturated carbocycles. The fraction of sp³-hybridized carbons (Fsp3) is 0.833. The van der Waals surface area contributed by atoms with Gasteiger partial charge in [-0.05, 0) is 18.8 Å². The van der Waals surface area contributed by atoms with E-state index in [0.29, 0.717) is 25.3 Å². The molecule has 1 atom stereocenters. The van der Waals surface area contributed by atoms with Crippen LogP contribution in [0.15, 0.2) is 0 Å². The SMILES string of the molecule is O=C1CCN(C(=O)O)C(C2CCCCC2)C1. The third-order valence-electron chi connectivity index (χ3n) is 3.91. The Morgan fingerprint density at radius 2 is 1.94 bits per heavy atom. The second kappa shape index (κ2) is 4.85. The van der Waals surface area contributed by atoms with Crippen LogP contribution >= 0.6 is 0 Å². The summed E-state index contributed by atoms with van der Waals surface area (Å²) in [4.78, 5) is 24.1. The highest BCUT2D eigenvalue weighted by molar-refractivity contribution is 5.82. The molecule has 1 aliphatic carbocycles. The van der Waals surface area contributed by atoms with Crippen molar-refractivity contribution in [3.63, 3.8) is 0 Å². The van der Waals surface area contributed by atoms with Crippen molar-refractivity contribution in [2.45, 2.75) is 51.0 Å². The number of carbonyl (C=O) groups is 2. The van der Waals surface area contributed by atoms with Gasteiger partial charge in [-0.3, -0.25) is 4.79 Å². The number of rotatable bonds is 1. The lowest BCUT2D eigenvalue weighted by Gasteiger charge is -2.39. The van der Waals surface area contributed by atoms with Crippen LogP contribution in [0.25, 0.3) is 0 Å². The second-order valence-electron chi connectivity index (χ2n) is 4.93. The van der Waals surface area contributed by atoms with Crippen LogP contribution in [-0.4, -0.2) is 34.5 Å². The van der Waals surface area contributed by atoms with E-state index in [1.54, 1.807) is 0 Å². The number of amides is 1. The number of piperidine rings is 1. The van der Waals surface area contributed by atoms with Gasteiger partial charge in [-0.2, -0.15) is 0 Å². The summed E-state index contributed by atoms with van der Waals surface area (Å²) in [5.74, 6) is 0.641. The van der Waals surface area contributed by atoms with Gasteiger partial charge in [0.1, 0.15) is 5.78 Å². The van der Waals surface area contributed by atoms with Crippen molar-refractivity contribution in [3.8, 4) is 0 Å². The number of carbonyl (C=O) groups excluding carboxylic acids is 1. The minimum atomic E-state index is -0.858. The molecule has 1 saturated heterocycles. The second-order valence-corrected chi connectivity index (χ2v) is 4.93. The molecule has 16 heavy (non-hydrogen) atoms. The van der Waals surface area contributed by atoms with Gasteiger partial charge in [0, 0.05) is 25.4 Å². The molecule has 4 heteroatoms. The summed E-state index contributed by atoms with van der Waals surface area (Å²) in [6, 6.07) is -0.0425. The van der Waals surface area contributed by atoms with E-state index in [9.17, 15) is 9.59 Å². The normalized spacial score (nSPS) is 28.1. The number of ketones is 1. The van der Waals surface area contributed by atoms with E-state index in [4.69, 9.17) is 5.11 Å². The van der Waals surface area contributed by atoms with E-state index < -0.39 is 6.09 Å². The quantitative estimate of drug-likeness (QED) is 0.744. The zero-order valence-electron chi connectivity index (χ0n) is 9.52. The number of Topliss-reactive ketones (excluding diaryl/α,β-unsaturated/α-hetero) is 1. The minimum absolute atomic E-state index is 0.0425. The summed E-state index contributed by atoms with van der Waals surface area (Å²) < 4.78 is 0. The molecule has 1 N–H and O–H groups in total. The summed E-state index contributed by atoms with van der Waals surface area (Å²) >= 11 is 0. The molecule has 2 rings (SSSR count). The van der Waals surface area contributed by atoms with E-state index in [-0.39, 0.29) is 11.8 Å². The molecular weight excluding hydrogens is 206 g/mol. The zero-order valence-corrected chi connectivity index (χ0v) is 9.52. The fourth-order valence-corrected chi connectivity index (χ4v) is 3.03. The first-order valence-corrected chi connectivity index (χ1v) is 6.20. The van der Waals surface area contributed by atoms with Gasteiger partial charge in [0.25, 0.3) is 0 Å². The highest BCUT2D eigenvalue weighted by Crippen LogP contribution is 2.32. The van der Waals surface area contributed by atoms with Crippen molar-refractivity contribution >= 4 is 11.9 Å². The molecular formula is C12H19NO3. The molecule has 90 valence electrons. The smallest absolute Gasteiger partial charge is 0.407 e. The predicted molar refractivity (Wildman–Crippen MR) is 59.3 cm³/mol. The number of hydrogen-bond acceptors (Lipinski definition) is 2. The van der Waals surface area contributed by atoms with E-state index in [1.165, 1.54) is 24.2 Å². The van der Waals surface area contributed by atoms with E-state index in [1.807, 2.05) is 0 Å². The minimum Gasteiger partial charge on any atom is -0.465 e. The number of nitrogens with zero attached hydrogens (tertiary/aromatic N) is 1. The van der Waals surface area contributed by atoms with Crippen LogP contribution in [0.1, 0.15) is 44.9 Å². The Morgan fingerprint density at radius 3 is 2.56 bits per heavy atom. The van der Waals surface area contributed by atoms with Gasteiger partial charge in [0.2, 0.25) is 0 Å². The maximum absolute atomic E-state index is 11.5. The highest BCUT2D eigenvalue weighted by atomic mass is 16.4. The average Bonchev–Trinajstić information content (AvgIpc) is 2.29. The van der Waals surface area contributed by atoms with E-state index in [2.05, 4.69) is 0 Å². The van der Waals surface area contributed by atoms with Crippen LogP contribution in [0, 0.1) is 5.92 Å². The topological polar surface area (TPSA) is 57.6 Å². The van der Waals surface area contributed by atoms with Gasteiger partial charge in [-0.25, -0.2) is 4.79 Å². The molecule has 0 aromatic heterocycles. The van der Waals surface area contributed by atoms with E-state index >= 15 is 0 Å². The lowest BCUT2D eigenvalue weighted by atomic mass is 9.80. The largest absolute Gasteiger partial charge is 0.465 e. The molecule has 1 amide bonds. The standard InChI is InChI=1S/C12H19NO3/c14-10-6-7-13(12(15)16)11(8-10)9-4-2-1-3-5-9/h9,11H,1-8H2,(H,15,16). The van der Waals surface area contributed by atoms with Crippen LogP contribution in [0.5, 0.6) is 0 Å². The van der Waals surface area contributed by atoms with Crippen molar-refractivity contribution in [2.24, 2.45) is 5.92 Å². The van der Waals surface area contributed by atoms with Gasteiger partial charge in [0.05, 0.1) is 0 Å². The Kier molecular flexibility index (Phi) is 3.46. The molecule has 2 fully saturated rings. The van der Waals surface area contributed by atoms with Crippen LogP contribution in [0.3, 0.4) is 0 Å². The molecule has 0 aromatic carbocycles. The Hall–Kier alpha value is -1.06. The van der Waals surface area contributed by atoms with Gasteiger partial charge < -0.3 is 10.0 Å². The van der Waals surface area contributed by atoms with Crippen LogP contribution in [-0.2, 0) is 4.79 Å². The molecule has 1 unspecified atom stereocenters. The zero-order chi connectivity index (χ0) is 11.5. The Morgan fingerprint density at radius 1 is 1.25 bits per heavy atom. The van der Waals surface area contributed by atoms with Gasteiger partial charge in [-0.1, -0.05) is 19.3 Å². The summed E-state index contributed by atoms with van der Waals surface area (Å²) in [6.45, 7) is 0.398. The lowest BCUT2D eigenvalue weighted by Crippen LogP contribution is -2.49. The first-order chi connectivity index (χ1) is 7.68. The molecule has 0 aromatic rings. The number of carboxylic acid groups (broad SMARTS) is 1. The van der Waals surface area contributed by atoms with Gasteiger partial charge >= 0.3 is 6.09 Å². The Labute approximate surface area is 95.6 Å². The maximum Gasteiger partial charge on any atom is 0.407 e. The Bertz CT molecular complexity index is 284. The highest BCUT2D eigenvalue weighted by Gasteiger charge is 2.36.